The van der Waals surface area contributed by atoms with Gasteiger partial charge in [-0.15, -0.1) is 0 Å². The first-order valence-electron chi connectivity index (χ1n) is 8.61. The number of rotatable bonds is 2. The Hall–Kier alpha value is -2.70. The molecule has 2 aromatic rings. The van der Waals surface area contributed by atoms with Gasteiger partial charge in [0.15, 0.2) is 11.5 Å². The molecule has 0 saturated carbocycles. The zero-order valence-electron chi connectivity index (χ0n) is 14.3. The summed E-state index contributed by atoms with van der Waals surface area (Å²) >= 11 is 0. The van der Waals surface area contributed by atoms with Crippen LogP contribution >= 0.6 is 0 Å². The van der Waals surface area contributed by atoms with E-state index < -0.39 is 0 Å². The summed E-state index contributed by atoms with van der Waals surface area (Å²) in [6.45, 7) is 3.06. The normalized spacial score (nSPS) is 16.1. The number of fused-ring (bicyclic) bond motifs is 2. The van der Waals surface area contributed by atoms with E-state index in [-0.39, 0.29) is 6.03 Å². The molecule has 25 heavy (non-hydrogen) atoms. The highest BCUT2D eigenvalue weighted by atomic mass is 16.5. The Balaban J connectivity index is 1.37. The van der Waals surface area contributed by atoms with Crippen molar-refractivity contribution in [1.82, 2.24) is 19.8 Å². The first kappa shape index (κ1) is 15.8. The molecule has 0 saturated heterocycles. The molecule has 0 atom stereocenters. The van der Waals surface area contributed by atoms with Crippen molar-refractivity contribution in [2.24, 2.45) is 7.05 Å². The molecule has 0 aliphatic carbocycles. The van der Waals surface area contributed by atoms with Crippen LogP contribution in [-0.4, -0.2) is 40.2 Å². The zero-order valence-corrected chi connectivity index (χ0v) is 14.3. The number of hydrogen-bond acceptors (Lipinski definition) is 4. The van der Waals surface area contributed by atoms with Gasteiger partial charge < -0.3 is 24.3 Å². The van der Waals surface area contributed by atoms with Crippen LogP contribution in [0.15, 0.2) is 24.5 Å². The Labute approximate surface area is 146 Å². The van der Waals surface area contributed by atoms with E-state index in [0.717, 1.165) is 35.6 Å². The number of carbonyl (C=O) groups excluding carboxylic acids is 1. The third kappa shape index (κ3) is 3.26. The Kier molecular flexibility index (Phi) is 4.21. The van der Waals surface area contributed by atoms with Crippen LogP contribution in [0.3, 0.4) is 0 Å². The largest absolute Gasteiger partial charge is 0.490 e. The van der Waals surface area contributed by atoms with Crippen molar-refractivity contribution in [2.75, 3.05) is 19.8 Å². The van der Waals surface area contributed by atoms with E-state index in [0.29, 0.717) is 32.8 Å². The Morgan fingerprint density at radius 3 is 3.00 bits per heavy atom. The van der Waals surface area contributed by atoms with Gasteiger partial charge in [-0.3, -0.25) is 0 Å². The molecule has 2 amide bonds. The number of aromatic nitrogens is 2. The quantitative estimate of drug-likeness (QED) is 0.904. The van der Waals surface area contributed by atoms with Gasteiger partial charge in [0.2, 0.25) is 0 Å². The summed E-state index contributed by atoms with van der Waals surface area (Å²) in [6.07, 6.45) is 3.53. The molecule has 1 N–H and O–H groups in total. The average Bonchev–Trinajstić information content (AvgIpc) is 2.86. The number of hydrogen-bond donors (Lipinski definition) is 1. The van der Waals surface area contributed by atoms with Crippen molar-refractivity contribution in [1.29, 1.82) is 0 Å². The summed E-state index contributed by atoms with van der Waals surface area (Å²) in [5.74, 6) is 1.52. The van der Waals surface area contributed by atoms with Gasteiger partial charge in [0.1, 0.15) is 0 Å². The average molecular weight is 342 g/mol. The second-order valence-corrected chi connectivity index (χ2v) is 6.41. The van der Waals surface area contributed by atoms with Gasteiger partial charge in [-0.1, -0.05) is 6.07 Å². The molecule has 7 nitrogen and oxygen atoms in total. The molecular weight excluding hydrogens is 320 g/mol. The number of aryl methyl sites for hydroxylation is 1. The molecule has 0 bridgehead atoms. The van der Waals surface area contributed by atoms with Crippen LogP contribution in [0.4, 0.5) is 4.79 Å². The summed E-state index contributed by atoms with van der Waals surface area (Å²) in [6, 6.07) is 5.74. The Bertz CT molecular complexity index is 787. The Morgan fingerprint density at radius 2 is 2.12 bits per heavy atom. The molecule has 4 rings (SSSR count). The van der Waals surface area contributed by atoms with E-state index in [1.54, 1.807) is 4.90 Å². The van der Waals surface area contributed by atoms with Crippen LogP contribution in [-0.2, 0) is 26.6 Å². The number of ether oxygens (including phenoxy) is 2. The van der Waals surface area contributed by atoms with Crippen LogP contribution < -0.4 is 14.8 Å². The molecular formula is C18H22N4O3. The lowest BCUT2D eigenvalue weighted by Crippen LogP contribution is -2.42. The lowest BCUT2D eigenvalue weighted by Gasteiger charge is -2.27. The minimum absolute atomic E-state index is 0.0663. The van der Waals surface area contributed by atoms with Crippen molar-refractivity contribution in [3.05, 3.63) is 41.5 Å². The van der Waals surface area contributed by atoms with E-state index in [9.17, 15) is 4.79 Å². The number of carbonyl (C=O) groups is 1. The van der Waals surface area contributed by atoms with Crippen LogP contribution in [0.25, 0.3) is 0 Å². The van der Waals surface area contributed by atoms with Gasteiger partial charge in [-0.05, 0) is 17.7 Å². The lowest BCUT2D eigenvalue weighted by molar-refractivity contribution is 0.190. The highest BCUT2D eigenvalue weighted by Gasteiger charge is 2.23. The molecule has 3 heterocycles. The van der Waals surface area contributed by atoms with E-state index >= 15 is 0 Å². The predicted octanol–water partition coefficient (Wildman–Crippen LogP) is 1.85. The number of urea groups is 1. The third-order valence-electron chi connectivity index (χ3n) is 4.65. The van der Waals surface area contributed by atoms with Crippen molar-refractivity contribution in [3.8, 4) is 11.5 Å². The van der Waals surface area contributed by atoms with Crippen LogP contribution in [0.5, 0.6) is 11.5 Å². The maximum atomic E-state index is 12.5. The third-order valence-corrected chi connectivity index (χ3v) is 4.65. The van der Waals surface area contributed by atoms with Crippen LogP contribution in [0, 0.1) is 0 Å². The maximum absolute atomic E-state index is 12.5. The zero-order chi connectivity index (χ0) is 17.2. The fraction of sp³-hybridized carbons (Fsp3) is 0.444. The van der Waals surface area contributed by atoms with Gasteiger partial charge in [0.25, 0.3) is 0 Å². The first-order valence-corrected chi connectivity index (χ1v) is 8.61. The van der Waals surface area contributed by atoms with Gasteiger partial charge in [-0.25, -0.2) is 9.78 Å². The molecule has 7 heteroatoms. The van der Waals surface area contributed by atoms with Crippen molar-refractivity contribution < 1.29 is 14.3 Å². The number of amides is 2. The molecule has 1 aromatic heterocycles. The number of nitrogens with zero attached hydrogens (tertiary/aromatic N) is 3. The lowest BCUT2D eigenvalue weighted by atomic mass is 10.1. The summed E-state index contributed by atoms with van der Waals surface area (Å²) in [5.41, 5.74) is 3.19. The molecule has 0 fully saturated rings. The van der Waals surface area contributed by atoms with Crippen molar-refractivity contribution >= 4 is 6.03 Å². The molecule has 2 aliphatic heterocycles. The van der Waals surface area contributed by atoms with E-state index in [2.05, 4.69) is 10.3 Å². The van der Waals surface area contributed by atoms with Crippen LogP contribution in [0.1, 0.15) is 23.4 Å². The van der Waals surface area contributed by atoms with E-state index in [1.807, 2.05) is 36.1 Å². The summed E-state index contributed by atoms with van der Waals surface area (Å²) in [7, 11) is 1.99. The fourth-order valence-electron chi connectivity index (χ4n) is 3.24. The van der Waals surface area contributed by atoms with Gasteiger partial charge in [-0.2, -0.15) is 0 Å². The van der Waals surface area contributed by atoms with Gasteiger partial charge in [0, 0.05) is 38.7 Å². The molecule has 2 aliphatic rings. The Morgan fingerprint density at radius 1 is 1.28 bits per heavy atom. The minimum atomic E-state index is -0.0663. The van der Waals surface area contributed by atoms with Crippen molar-refractivity contribution in [3.63, 3.8) is 0 Å². The second-order valence-electron chi connectivity index (χ2n) is 6.41. The number of nitrogens with one attached hydrogen (secondary N) is 1. The fourth-order valence-corrected chi connectivity index (χ4v) is 3.24. The first-order chi connectivity index (χ1) is 12.2. The summed E-state index contributed by atoms with van der Waals surface area (Å²) in [5, 5.41) is 2.98. The minimum Gasteiger partial charge on any atom is -0.490 e. The second kappa shape index (κ2) is 6.66. The maximum Gasteiger partial charge on any atom is 0.318 e. The number of imidazole rings is 1. The van der Waals surface area contributed by atoms with Gasteiger partial charge in [0.05, 0.1) is 31.8 Å². The highest BCUT2D eigenvalue weighted by Crippen LogP contribution is 2.30. The highest BCUT2D eigenvalue weighted by molar-refractivity contribution is 5.74. The molecule has 132 valence electrons. The smallest absolute Gasteiger partial charge is 0.318 e. The number of benzene rings is 1. The van der Waals surface area contributed by atoms with Crippen molar-refractivity contribution in [2.45, 2.75) is 25.9 Å². The topological polar surface area (TPSA) is 68.6 Å². The molecule has 0 radical (unpaired) electrons. The molecule has 0 spiro atoms. The predicted molar refractivity (Wildman–Crippen MR) is 91.6 cm³/mol. The van der Waals surface area contributed by atoms with Gasteiger partial charge >= 0.3 is 6.03 Å². The SMILES string of the molecule is Cn1cnc2c1CCN(C(=O)NCc1ccc3c(c1)OCCCO3)C2. The standard InChI is InChI=1S/C18H22N4O3/c1-21-12-20-14-11-22(6-5-15(14)21)18(23)19-10-13-3-4-16-17(9-13)25-8-2-7-24-16/h3-4,9,12H,2,5-8,10-11H2,1H3,(H,19,23). The summed E-state index contributed by atoms with van der Waals surface area (Å²) in [4.78, 5) is 18.6. The van der Waals surface area contributed by atoms with E-state index in [4.69, 9.17) is 9.47 Å². The summed E-state index contributed by atoms with van der Waals surface area (Å²) < 4.78 is 13.4. The molecule has 0 unspecified atom stereocenters. The van der Waals surface area contributed by atoms with E-state index in [1.165, 1.54) is 5.69 Å². The monoisotopic (exact) mass is 342 g/mol. The molecule has 1 aromatic carbocycles. The van der Waals surface area contributed by atoms with Crippen LogP contribution in [0.2, 0.25) is 0 Å².